The number of benzene rings is 1. The van der Waals surface area contributed by atoms with Crippen LogP contribution in [0.1, 0.15) is 24.8 Å². The number of nitrogens with zero attached hydrogens (tertiary/aromatic N) is 1. The van der Waals surface area contributed by atoms with E-state index >= 15 is 0 Å². The molecule has 1 fully saturated rings. The van der Waals surface area contributed by atoms with Gasteiger partial charge in [0.1, 0.15) is 5.75 Å². The van der Waals surface area contributed by atoms with Crippen LogP contribution >= 0.6 is 0 Å². The fourth-order valence-electron chi connectivity index (χ4n) is 2.53. The summed E-state index contributed by atoms with van der Waals surface area (Å²) in [6, 6.07) is 7.84. The van der Waals surface area contributed by atoms with Gasteiger partial charge in [-0.25, -0.2) is 0 Å². The third-order valence-electron chi connectivity index (χ3n) is 3.78. The molecule has 0 radical (unpaired) electrons. The second-order valence-electron chi connectivity index (χ2n) is 5.42. The molecule has 1 heterocycles. The maximum Gasteiger partial charge on any atom is 0.226 e. The Kier molecular flexibility index (Phi) is 5.41. The maximum atomic E-state index is 12.0. The molecule has 4 nitrogen and oxygen atoms in total. The van der Waals surface area contributed by atoms with E-state index in [0.717, 1.165) is 31.7 Å². The normalized spacial score (nSPS) is 18.3. The lowest BCUT2D eigenvalue weighted by atomic mass is 10.1. The van der Waals surface area contributed by atoms with Gasteiger partial charge in [0.2, 0.25) is 5.91 Å². The Bertz CT molecular complexity index is 430. The van der Waals surface area contributed by atoms with Gasteiger partial charge in [0.05, 0.1) is 13.0 Å². The summed E-state index contributed by atoms with van der Waals surface area (Å²) in [6.07, 6.45) is 2.22. The Morgan fingerprint density at radius 1 is 1.40 bits per heavy atom. The van der Waals surface area contributed by atoms with Crippen LogP contribution in [-0.4, -0.2) is 42.2 Å². The van der Waals surface area contributed by atoms with E-state index in [0.29, 0.717) is 18.9 Å². The molecular formula is C16H23NO3. The van der Waals surface area contributed by atoms with E-state index in [4.69, 9.17) is 9.84 Å². The predicted octanol–water partition coefficient (Wildman–Crippen LogP) is 1.99. The van der Waals surface area contributed by atoms with Crippen molar-refractivity contribution in [3.63, 3.8) is 0 Å². The van der Waals surface area contributed by atoms with Crippen molar-refractivity contribution in [2.45, 2.75) is 26.2 Å². The van der Waals surface area contributed by atoms with Gasteiger partial charge in [-0.3, -0.25) is 4.79 Å². The molecule has 1 amide bonds. The molecule has 1 N–H and O–H groups in total. The van der Waals surface area contributed by atoms with Crippen LogP contribution in [0.2, 0.25) is 0 Å². The molecule has 0 aliphatic carbocycles. The lowest BCUT2D eigenvalue weighted by molar-refractivity contribution is -0.130. The summed E-state index contributed by atoms with van der Waals surface area (Å²) in [5.74, 6) is 1.42. The summed E-state index contributed by atoms with van der Waals surface area (Å²) in [5.41, 5.74) is 1.19. The predicted molar refractivity (Wildman–Crippen MR) is 77.7 cm³/mol. The first kappa shape index (κ1) is 14.9. The van der Waals surface area contributed by atoms with Gasteiger partial charge >= 0.3 is 0 Å². The third kappa shape index (κ3) is 4.23. The van der Waals surface area contributed by atoms with Gasteiger partial charge in [0.25, 0.3) is 0 Å². The Hall–Kier alpha value is -1.55. The van der Waals surface area contributed by atoms with Crippen molar-refractivity contribution >= 4 is 5.91 Å². The molecule has 1 aliphatic heterocycles. The molecule has 1 unspecified atom stereocenters. The van der Waals surface area contributed by atoms with Crippen molar-refractivity contribution in [2.75, 3.05) is 26.3 Å². The molecule has 1 atom stereocenters. The standard InChI is InChI=1S/C16H23NO3/c1-13-2-4-15(5-3-13)20-11-8-16(19)17-9-6-14(12-17)7-10-18/h2-5,14,18H,6-12H2,1H3. The lowest BCUT2D eigenvalue weighted by Gasteiger charge is -2.16. The topological polar surface area (TPSA) is 49.8 Å². The monoisotopic (exact) mass is 277 g/mol. The number of carbonyl (C=O) groups excluding carboxylic acids is 1. The fraction of sp³-hybridized carbons (Fsp3) is 0.562. The Balaban J connectivity index is 1.69. The SMILES string of the molecule is Cc1ccc(OCCC(=O)N2CCC(CCO)C2)cc1. The molecule has 110 valence electrons. The second kappa shape index (κ2) is 7.29. The Morgan fingerprint density at radius 2 is 2.15 bits per heavy atom. The molecule has 1 aromatic carbocycles. The van der Waals surface area contributed by atoms with E-state index in [1.54, 1.807) is 0 Å². The average Bonchev–Trinajstić information content (AvgIpc) is 2.90. The van der Waals surface area contributed by atoms with Crippen LogP contribution in [-0.2, 0) is 4.79 Å². The molecule has 2 rings (SSSR count). The first-order chi connectivity index (χ1) is 9.69. The number of aliphatic hydroxyl groups is 1. The van der Waals surface area contributed by atoms with Crippen molar-refractivity contribution in [2.24, 2.45) is 5.92 Å². The molecule has 4 heteroatoms. The van der Waals surface area contributed by atoms with E-state index < -0.39 is 0 Å². The van der Waals surface area contributed by atoms with E-state index in [2.05, 4.69) is 0 Å². The van der Waals surface area contributed by atoms with Crippen LogP contribution in [0, 0.1) is 12.8 Å². The van der Waals surface area contributed by atoms with Crippen LogP contribution in [0.5, 0.6) is 5.75 Å². The van der Waals surface area contributed by atoms with Gasteiger partial charge in [0, 0.05) is 19.7 Å². The van der Waals surface area contributed by atoms with Crippen molar-refractivity contribution in [1.29, 1.82) is 0 Å². The van der Waals surface area contributed by atoms with E-state index in [1.165, 1.54) is 5.56 Å². The molecule has 20 heavy (non-hydrogen) atoms. The highest BCUT2D eigenvalue weighted by Gasteiger charge is 2.25. The van der Waals surface area contributed by atoms with Gasteiger partial charge < -0.3 is 14.7 Å². The van der Waals surface area contributed by atoms with Crippen LogP contribution in [0.3, 0.4) is 0 Å². The molecular weight excluding hydrogens is 254 g/mol. The summed E-state index contributed by atoms with van der Waals surface area (Å²) in [6.45, 7) is 4.26. The minimum Gasteiger partial charge on any atom is -0.493 e. The Morgan fingerprint density at radius 3 is 2.85 bits per heavy atom. The quantitative estimate of drug-likeness (QED) is 0.865. The van der Waals surface area contributed by atoms with Gasteiger partial charge in [-0.05, 0) is 37.8 Å². The number of rotatable bonds is 6. The summed E-state index contributed by atoms with van der Waals surface area (Å²) in [5, 5.41) is 8.92. The zero-order valence-corrected chi connectivity index (χ0v) is 12.0. The first-order valence-electron chi connectivity index (χ1n) is 7.27. The molecule has 0 saturated carbocycles. The largest absolute Gasteiger partial charge is 0.493 e. The number of hydrogen-bond acceptors (Lipinski definition) is 3. The number of ether oxygens (including phenoxy) is 1. The van der Waals surface area contributed by atoms with Crippen molar-refractivity contribution < 1.29 is 14.6 Å². The van der Waals surface area contributed by atoms with Gasteiger partial charge in [-0.15, -0.1) is 0 Å². The number of hydrogen-bond donors (Lipinski definition) is 1. The second-order valence-corrected chi connectivity index (χ2v) is 5.42. The highest BCUT2D eigenvalue weighted by atomic mass is 16.5. The number of aliphatic hydroxyl groups excluding tert-OH is 1. The van der Waals surface area contributed by atoms with Crippen LogP contribution in [0.15, 0.2) is 24.3 Å². The summed E-state index contributed by atoms with van der Waals surface area (Å²) in [4.78, 5) is 13.9. The lowest BCUT2D eigenvalue weighted by Crippen LogP contribution is -2.29. The zero-order valence-electron chi connectivity index (χ0n) is 12.0. The van der Waals surface area contributed by atoms with Gasteiger partial charge in [-0.1, -0.05) is 17.7 Å². The number of likely N-dealkylation sites (tertiary alicyclic amines) is 1. The van der Waals surface area contributed by atoms with Crippen LogP contribution in [0.25, 0.3) is 0 Å². The summed E-state index contributed by atoms with van der Waals surface area (Å²) < 4.78 is 5.58. The Labute approximate surface area is 120 Å². The van der Waals surface area contributed by atoms with Crippen molar-refractivity contribution in [3.05, 3.63) is 29.8 Å². The number of carbonyl (C=O) groups is 1. The summed E-state index contributed by atoms with van der Waals surface area (Å²) in [7, 11) is 0. The maximum absolute atomic E-state index is 12.0. The molecule has 1 aromatic rings. The van der Waals surface area contributed by atoms with Crippen molar-refractivity contribution in [1.82, 2.24) is 4.90 Å². The highest BCUT2D eigenvalue weighted by Crippen LogP contribution is 2.20. The molecule has 1 saturated heterocycles. The van der Waals surface area contributed by atoms with Gasteiger partial charge in [-0.2, -0.15) is 0 Å². The number of amides is 1. The molecule has 1 aliphatic rings. The van der Waals surface area contributed by atoms with E-state index in [1.807, 2.05) is 36.1 Å². The van der Waals surface area contributed by atoms with E-state index in [-0.39, 0.29) is 12.5 Å². The third-order valence-corrected chi connectivity index (χ3v) is 3.78. The first-order valence-corrected chi connectivity index (χ1v) is 7.27. The molecule has 0 bridgehead atoms. The minimum atomic E-state index is 0.151. The zero-order chi connectivity index (χ0) is 14.4. The van der Waals surface area contributed by atoms with Crippen LogP contribution < -0.4 is 4.74 Å². The molecule has 0 aromatic heterocycles. The van der Waals surface area contributed by atoms with E-state index in [9.17, 15) is 4.79 Å². The average molecular weight is 277 g/mol. The summed E-state index contributed by atoms with van der Waals surface area (Å²) >= 11 is 0. The van der Waals surface area contributed by atoms with Crippen molar-refractivity contribution in [3.8, 4) is 5.75 Å². The van der Waals surface area contributed by atoms with Crippen LogP contribution in [0.4, 0.5) is 0 Å². The number of aryl methyl sites for hydroxylation is 1. The fourth-order valence-corrected chi connectivity index (χ4v) is 2.53. The smallest absolute Gasteiger partial charge is 0.226 e. The van der Waals surface area contributed by atoms with Gasteiger partial charge in [0.15, 0.2) is 0 Å². The molecule has 0 spiro atoms. The highest BCUT2D eigenvalue weighted by molar-refractivity contribution is 5.76. The minimum absolute atomic E-state index is 0.151.